The van der Waals surface area contributed by atoms with Crippen LogP contribution in [0.5, 0.6) is 11.5 Å². The number of fused-ring (bicyclic) bond motifs is 1. The summed E-state index contributed by atoms with van der Waals surface area (Å²) in [7, 11) is 3.34. The minimum absolute atomic E-state index is 0.768. The summed E-state index contributed by atoms with van der Waals surface area (Å²) >= 11 is 0. The zero-order valence-corrected chi connectivity index (χ0v) is 15.6. The summed E-state index contributed by atoms with van der Waals surface area (Å²) in [6, 6.07) is 12.3. The van der Waals surface area contributed by atoms with Crippen molar-refractivity contribution in [1.82, 2.24) is 9.78 Å². The van der Waals surface area contributed by atoms with E-state index in [1.54, 1.807) is 14.2 Å². The van der Waals surface area contributed by atoms with E-state index < -0.39 is 0 Å². The first kappa shape index (κ1) is 16.5. The van der Waals surface area contributed by atoms with Gasteiger partial charge < -0.3 is 14.8 Å². The number of aryl methyl sites for hydroxylation is 2. The van der Waals surface area contributed by atoms with Crippen molar-refractivity contribution >= 4 is 5.82 Å². The maximum absolute atomic E-state index is 5.61. The lowest BCUT2D eigenvalue weighted by molar-refractivity contribution is 0.395. The van der Waals surface area contributed by atoms with E-state index in [0.717, 1.165) is 47.2 Å². The van der Waals surface area contributed by atoms with Crippen LogP contribution >= 0.6 is 0 Å². The van der Waals surface area contributed by atoms with Crippen LogP contribution in [0.2, 0.25) is 0 Å². The van der Waals surface area contributed by atoms with Gasteiger partial charge in [-0.25, -0.2) is 4.68 Å². The van der Waals surface area contributed by atoms with Crippen LogP contribution in [0.4, 0.5) is 5.82 Å². The fraction of sp³-hybridized carbons (Fsp3) is 0.286. The summed E-state index contributed by atoms with van der Waals surface area (Å²) < 4.78 is 13.0. The van der Waals surface area contributed by atoms with Gasteiger partial charge in [-0.05, 0) is 49.6 Å². The molecule has 134 valence electrons. The Kier molecular flexibility index (Phi) is 4.07. The van der Waals surface area contributed by atoms with Crippen LogP contribution in [0.25, 0.3) is 16.9 Å². The number of ether oxygens (including phenoxy) is 2. The van der Waals surface area contributed by atoms with Gasteiger partial charge in [0.2, 0.25) is 0 Å². The molecule has 0 saturated heterocycles. The number of nitrogens with zero attached hydrogens (tertiary/aromatic N) is 2. The van der Waals surface area contributed by atoms with Gasteiger partial charge in [-0.15, -0.1) is 0 Å². The summed E-state index contributed by atoms with van der Waals surface area (Å²) in [5.41, 5.74) is 6.70. The maximum Gasteiger partial charge on any atom is 0.133 e. The number of hydrogen-bond acceptors (Lipinski definition) is 4. The minimum Gasteiger partial charge on any atom is -0.497 e. The average Bonchev–Trinajstić information content (AvgIpc) is 3.26. The first-order valence-electron chi connectivity index (χ1n) is 8.78. The third-order valence-corrected chi connectivity index (χ3v) is 4.91. The molecular formula is C21H23N3O2. The fourth-order valence-electron chi connectivity index (χ4n) is 3.51. The van der Waals surface area contributed by atoms with Crippen molar-refractivity contribution in [3.05, 3.63) is 53.1 Å². The van der Waals surface area contributed by atoms with Gasteiger partial charge in [0.25, 0.3) is 0 Å². The van der Waals surface area contributed by atoms with Crippen molar-refractivity contribution < 1.29 is 9.47 Å². The van der Waals surface area contributed by atoms with E-state index in [1.165, 1.54) is 16.7 Å². The quantitative estimate of drug-likeness (QED) is 0.769. The van der Waals surface area contributed by atoms with Gasteiger partial charge in [0.1, 0.15) is 23.0 Å². The predicted molar refractivity (Wildman–Crippen MR) is 104 cm³/mol. The summed E-state index contributed by atoms with van der Waals surface area (Å²) in [6.45, 7) is 5.14. The molecule has 1 N–H and O–H groups in total. The Bertz CT molecular complexity index is 976. The predicted octanol–water partition coefficient (Wildman–Crippen LogP) is 4.14. The van der Waals surface area contributed by atoms with Crippen molar-refractivity contribution in [3.8, 4) is 28.4 Å². The zero-order chi connectivity index (χ0) is 18.3. The highest BCUT2D eigenvalue weighted by atomic mass is 16.5. The highest BCUT2D eigenvalue weighted by molar-refractivity contribution is 5.77. The van der Waals surface area contributed by atoms with E-state index in [-0.39, 0.29) is 0 Å². The average molecular weight is 349 g/mol. The van der Waals surface area contributed by atoms with Crippen LogP contribution in [0.1, 0.15) is 16.7 Å². The first-order chi connectivity index (χ1) is 12.6. The standard InChI is InChI=1S/C21H23N3O2/c1-13-5-6-14(2)18(11-13)24-21-17(9-10-22-21)20(23-24)16-8-7-15(25-3)12-19(16)26-4/h5-8,11-12,22H,9-10H2,1-4H3. The molecule has 1 aliphatic heterocycles. The van der Waals surface area contributed by atoms with Crippen molar-refractivity contribution in [3.63, 3.8) is 0 Å². The Hall–Kier alpha value is -2.95. The van der Waals surface area contributed by atoms with Crippen LogP contribution in [0.3, 0.4) is 0 Å². The molecule has 5 heteroatoms. The van der Waals surface area contributed by atoms with Crippen LogP contribution in [-0.4, -0.2) is 30.5 Å². The molecule has 0 atom stereocenters. The normalized spacial score (nSPS) is 12.6. The van der Waals surface area contributed by atoms with Crippen LogP contribution < -0.4 is 14.8 Å². The molecule has 2 aromatic carbocycles. The number of hydrogen-bond donors (Lipinski definition) is 1. The van der Waals surface area contributed by atoms with Gasteiger partial charge in [-0.2, -0.15) is 5.10 Å². The van der Waals surface area contributed by atoms with Crippen molar-refractivity contribution in [2.45, 2.75) is 20.3 Å². The number of rotatable bonds is 4. The third-order valence-electron chi connectivity index (χ3n) is 4.91. The van der Waals surface area contributed by atoms with Crippen molar-refractivity contribution in [2.24, 2.45) is 0 Å². The molecule has 5 nitrogen and oxygen atoms in total. The zero-order valence-electron chi connectivity index (χ0n) is 15.6. The maximum atomic E-state index is 5.61. The smallest absolute Gasteiger partial charge is 0.133 e. The van der Waals surface area contributed by atoms with E-state index in [4.69, 9.17) is 14.6 Å². The van der Waals surface area contributed by atoms with Gasteiger partial charge >= 0.3 is 0 Å². The molecule has 4 rings (SSSR count). The lowest BCUT2D eigenvalue weighted by Crippen LogP contribution is -2.06. The Morgan fingerprint density at radius 2 is 1.88 bits per heavy atom. The lowest BCUT2D eigenvalue weighted by Gasteiger charge is -2.11. The van der Waals surface area contributed by atoms with Crippen LogP contribution in [0, 0.1) is 13.8 Å². The van der Waals surface area contributed by atoms with Gasteiger partial charge in [-0.3, -0.25) is 0 Å². The molecule has 0 amide bonds. The molecule has 0 fully saturated rings. The minimum atomic E-state index is 0.768. The number of methoxy groups -OCH3 is 2. The molecule has 26 heavy (non-hydrogen) atoms. The monoisotopic (exact) mass is 349 g/mol. The fourth-order valence-corrected chi connectivity index (χ4v) is 3.51. The number of aromatic nitrogens is 2. The number of nitrogens with one attached hydrogen (secondary N) is 1. The van der Waals surface area contributed by atoms with Gasteiger partial charge in [-0.1, -0.05) is 12.1 Å². The molecule has 2 heterocycles. The van der Waals surface area contributed by atoms with Gasteiger partial charge in [0.15, 0.2) is 0 Å². The van der Waals surface area contributed by atoms with E-state index in [2.05, 4.69) is 37.4 Å². The van der Waals surface area contributed by atoms with E-state index in [0.29, 0.717) is 0 Å². The second kappa shape index (κ2) is 6.41. The highest BCUT2D eigenvalue weighted by Crippen LogP contribution is 2.40. The first-order valence-corrected chi connectivity index (χ1v) is 8.78. The number of benzene rings is 2. The Balaban J connectivity index is 1.91. The SMILES string of the molecule is COc1ccc(-c2nn(-c3cc(C)ccc3C)c3c2CCN3)c(OC)c1. The Morgan fingerprint density at radius 3 is 2.65 bits per heavy atom. The summed E-state index contributed by atoms with van der Waals surface area (Å²) in [5.74, 6) is 2.62. The van der Waals surface area contributed by atoms with E-state index >= 15 is 0 Å². The van der Waals surface area contributed by atoms with E-state index in [1.807, 2.05) is 22.9 Å². The second-order valence-corrected chi connectivity index (χ2v) is 6.62. The van der Waals surface area contributed by atoms with Crippen LogP contribution in [0.15, 0.2) is 36.4 Å². The Morgan fingerprint density at radius 1 is 1.04 bits per heavy atom. The van der Waals surface area contributed by atoms with Gasteiger partial charge in [0.05, 0.1) is 19.9 Å². The van der Waals surface area contributed by atoms with Crippen molar-refractivity contribution in [1.29, 1.82) is 0 Å². The van der Waals surface area contributed by atoms with Crippen molar-refractivity contribution in [2.75, 3.05) is 26.1 Å². The third kappa shape index (κ3) is 2.60. The largest absolute Gasteiger partial charge is 0.497 e. The second-order valence-electron chi connectivity index (χ2n) is 6.62. The topological polar surface area (TPSA) is 48.3 Å². The molecule has 0 saturated carbocycles. The molecule has 0 unspecified atom stereocenters. The molecule has 0 spiro atoms. The number of anilines is 1. The molecule has 0 bridgehead atoms. The molecule has 3 aromatic rings. The Labute approximate surface area is 153 Å². The highest BCUT2D eigenvalue weighted by Gasteiger charge is 2.26. The molecule has 0 radical (unpaired) electrons. The molecule has 1 aliphatic rings. The summed E-state index contributed by atoms with van der Waals surface area (Å²) in [4.78, 5) is 0. The molecule has 1 aromatic heterocycles. The summed E-state index contributed by atoms with van der Waals surface area (Å²) in [5, 5.41) is 8.47. The molecule has 0 aliphatic carbocycles. The van der Waals surface area contributed by atoms with Crippen LogP contribution in [-0.2, 0) is 6.42 Å². The summed E-state index contributed by atoms with van der Waals surface area (Å²) in [6.07, 6.45) is 0.949. The lowest BCUT2D eigenvalue weighted by atomic mass is 10.1. The van der Waals surface area contributed by atoms with E-state index in [9.17, 15) is 0 Å². The molecular weight excluding hydrogens is 326 g/mol. The van der Waals surface area contributed by atoms with Gasteiger partial charge in [0, 0.05) is 23.7 Å².